The van der Waals surface area contributed by atoms with Crippen molar-refractivity contribution in [2.75, 3.05) is 26.2 Å². The first kappa shape index (κ1) is 12.4. The molecule has 0 radical (unpaired) electrons. The Labute approximate surface area is 101 Å². The number of piperidine rings is 2. The summed E-state index contributed by atoms with van der Waals surface area (Å²) in [7, 11) is 0. The molecule has 2 fully saturated rings. The van der Waals surface area contributed by atoms with Crippen molar-refractivity contribution < 1.29 is 0 Å². The number of rotatable bonds is 2. The fraction of sp³-hybridized carbons (Fsp3) is 1.00. The third-order valence-electron chi connectivity index (χ3n) is 4.22. The molecule has 2 rings (SSSR count). The summed E-state index contributed by atoms with van der Waals surface area (Å²) in [6.45, 7) is 12.3. The van der Waals surface area contributed by atoms with Crippen molar-refractivity contribution >= 4 is 0 Å². The number of hydrogen-bond donors (Lipinski definition) is 1. The Morgan fingerprint density at radius 1 is 1.38 bits per heavy atom. The van der Waals surface area contributed by atoms with Crippen LogP contribution in [0.5, 0.6) is 0 Å². The summed E-state index contributed by atoms with van der Waals surface area (Å²) in [5.74, 6) is 0.920. The second-order valence-electron chi connectivity index (χ2n) is 6.78. The first-order valence-electron chi connectivity index (χ1n) is 7.01. The van der Waals surface area contributed by atoms with Gasteiger partial charge in [0.25, 0.3) is 0 Å². The van der Waals surface area contributed by atoms with Crippen molar-refractivity contribution in [3.05, 3.63) is 0 Å². The third-order valence-corrected chi connectivity index (χ3v) is 4.22. The lowest BCUT2D eigenvalue weighted by Crippen LogP contribution is -2.49. The zero-order chi connectivity index (χ0) is 11.6. The topological polar surface area (TPSA) is 15.3 Å². The molecule has 2 saturated heterocycles. The minimum Gasteiger partial charge on any atom is -0.313 e. The molecule has 0 aromatic carbocycles. The highest BCUT2D eigenvalue weighted by molar-refractivity contribution is 4.84. The Bertz CT molecular complexity index is 225. The molecule has 2 aliphatic heterocycles. The van der Waals surface area contributed by atoms with Crippen LogP contribution in [0.25, 0.3) is 0 Å². The van der Waals surface area contributed by atoms with Gasteiger partial charge in [-0.2, -0.15) is 0 Å². The number of nitrogens with zero attached hydrogens (tertiary/aromatic N) is 1. The van der Waals surface area contributed by atoms with Crippen molar-refractivity contribution in [1.82, 2.24) is 10.2 Å². The maximum absolute atomic E-state index is 3.68. The molecule has 94 valence electrons. The van der Waals surface area contributed by atoms with Crippen LogP contribution < -0.4 is 5.32 Å². The van der Waals surface area contributed by atoms with Gasteiger partial charge in [-0.1, -0.05) is 20.8 Å². The van der Waals surface area contributed by atoms with Crippen LogP contribution in [0.1, 0.15) is 46.5 Å². The zero-order valence-electron chi connectivity index (χ0n) is 11.3. The third kappa shape index (κ3) is 3.46. The summed E-state index contributed by atoms with van der Waals surface area (Å²) < 4.78 is 0. The van der Waals surface area contributed by atoms with Crippen LogP contribution in [0.15, 0.2) is 0 Å². The molecule has 2 unspecified atom stereocenters. The van der Waals surface area contributed by atoms with Crippen LogP contribution in [0.3, 0.4) is 0 Å². The minimum atomic E-state index is 0.540. The largest absolute Gasteiger partial charge is 0.313 e. The van der Waals surface area contributed by atoms with Gasteiger partial charge in [-0.25, -0.2) is 0 Å². The van der Waals surface area contributed by atoms with E-state index in [-0.39, 0.29) is 0 Å². The molecule has 2 heterocycles. The first-order valence-corrected chi connectivity index (χ1v) is 7.01. The lowest BCUT2D eigenvalue weighted by Gasteiger charge is -2.41. The second kappa shape index (κ2) is 5.05. The summed E-state index contributed by atoms with van der Waals surface area (Å²) in [5, 5.41) is 3.68. The van der Waals surface area contributed by atoms with Crippen molar-refractivity contribution in [3.63, 3.8) is 0 Å². The van der Waals surface area contributed by atoms with Gasteiger partial charge in [-0.3, -0.25) is 0 Å². The van der Waals surface area contributed by atoms with Crippen molar-refractivity contribution in [1.29, 1.82) is 0 Å². The molecule has 2 nitrogen and oxygen atoms in total. The standard InChI is InChI=1S/C14H28N2/c1-12-5-7-15-13(9-12)10-16-8-4-6-14(2,3)11-16/h12-13,15H,4-11H2,1-3H3. The van der Waals surface area contributed by atoms with E-state index in [2.05, 4.69) is 31.0 Å². The van der Waals surface area contributed by atoms with E-state index in [4.69, 9.17) is 0 Å². The van der Waals surface area contributed by atoms with Gasteiger partial charge in [0.05, 0.1) is 0 Å². The molecular weight excluding hydrogens is 196 g/mol. The normalized spacial score (nSPS) is 36.2. The van der Waals surface area contributed by atoms with Gasteiger partial charge in [0, 0.05) is 19.1 Å². The lowest BCUT2D eigenvalue weighted by atomic mass is 9.83. The van der Waals surface area contributed by atoms with Crippen LogP contribution in [0.4, 0.5) is 0 Å². The highest BCUT2D eigenvalue weighted by atomic mass is 15.2. The van der Waals surface area contributed by atoms with E-state index in [9.17, 15) is 0 Å². The van der Waals surface area contributed by atoms with Crippen molar-refractivity contribution in [2.45, 2.75) is 52.5 Å². The summed E-state index contributed by atoms with van der Waals surface area (Å²) in [5.41, 5.74) is 0.540. The van der Waals surface area contributed by atoms with Gasteiger partial charge in [0.2, 0.25) is 0 Å². The fourth-order valence-corrected chi connectivity index (χ4v) is 3.37. The SMILES string of the molecule is CC1CCNC(CN2CCCC(C)(C)C2)C1. The van der Waals surface area contributed by atoms with Crippen molar-refractivity contribution in [3.8, 4) is 0 Å². The fourth-order valence-electron chi connectivity index (χ4n) is 3.37. The van der Waals surface area contributed by atoms with Crippen LogP contribution in [0.2, 0.25) is 0 Å². The average Bonchev–Trinajstić information content (AvgIpc) is 2.15. The maximum atomic E-state index is 3.68. The van der Waals surface area contributed by atoms with Gasteiger partial charge in [0.1, 0.15) is 0 Å². The highest BCUT2D eigenvalue weighted by Gasteiger charge is 2.28. The van der Waals surface area contributed by atoms with Crippen molar-refractivity contribution in [2.24, 2.45) is 11.3 Å². The summed E-state index contributed by atoms with van der Waals surface area (Å²) in [6.07, 6.45) is 5.52. The summed E-state index contributed by atoms with van der Waals surface area (Å²) in [4.78, 5) is 2.68. The average molecular weight is 224 g/mol. The van der Waals surface area contributed by atoms with E-state index in [1.165, 1.54) is 51.9 Å². The molecule has 2 atom stereocenters. The smallest absolute Gasteiger partial charge is 0.0197 e. The Kier molecular flexibility index (Phi) is 3.91. The van der Waals surface area contributed by atoms with Gasteiger partial charge in [0.15, 0.2) is 0 Å². The van der Waals surface area contributed by atoms with E-state index in [0.717, 1.165) is 12.0 Å². The molecule has 0 saturated carbocycles. The molecule has 0 aromatic heterocycles. The van der Waals surface area contributed by atoms with Gasteiger partial charge in [-0.05, 0) is 50.1 Å². The van der Waals surface area contributed by atoms with Crippen LogP contribution in [0, 0.1) is 11.3 Å². The first-order chi connectivity index (χ1) is 7.55. The lowest BCUT2D eigenvalue weighted by molar-refractivity contribution is 0.0996. The highest BCUT2D eigenvalue weighted by Crippen LogP contribution is 2.29. The zero-order valence-corrected chi connectivity index (χ0v) is 11.3. The molecule has 2 heteroatoms. The summed E-state index contributed by atoms with van der Waals surface area (Å²) in [6, 6.07) is 0.748. The maximum Gasteiger partial charge on any atom is 0.0197 e. The Morgan fingerprint density at radius 3 is 2.88 bits per heavy atom. The van der Waals surface area contributed by atoms with E-state index < -0.39 is 0 Å². The number of likely N-dealkylation sites (tertiary alicyclic amines) is 1. The molecule has 0 spiro atoms. The molecule has 0 aliphatic carbocycles. The number of nitrogens with one attached hydrogen (secondary N) is 1. The molecule has 0 amide bonds. The van der Waals surface area contributed by atoms with Crippen LogP contribution in [-0.2, 0) is 0 Å². The monoisotopic (exact) mass is 224 g/mol. The molecule has 2 aliphatic rings. The Hall–Kier alpha value is -0.0800. The quantitative estimate of drug-likeness (QED) is 0.775. The Morgan fingerprint density at radius 2 is 2.19 bits per heavy atom. The second-order valence-corrected chi connectivity index (χ2v) is 6.78. The van der Waals surface area contributed by atoms with Crippen LogP contribution >= 0.6 is 0 Å². The van der Waals surface area contributed by atoms with E-state index in [1.54, 1.807) is 0 Å². The molecule has 0 bridgehead atoms. The van der Waals surface area contributed by atoms with E-state index in [0.29, 0.717) is 5.41 Å². The van der Waals surface area contributed by atoms with Gasteiger partial charge in [-0.15, -0.1) is 0 Å². The predicted octanol–water partition coefficient (Wildman–Crippen LogP) is 2.50. The number of hydrogen-bond acceptors (Lipinski definition) is 2. The predicted molar refractivity (Wildman–Crippen MR) is 69.6 cm³/mol. The summed E-state index contributed by atoms with van der Waals surface area (Å²) >= 11 is 0. The molecular formula is C14H28N2. The van der Waals surface area contributed by atoms with E-state index in [1.807, 2.05) is 0 Å². The Balaban J connectivity index is 1.80. The minimum absolute atomic E-state index is 0.540. The van der Waals surface area contributed by atoms with E-state index >= 15 is 0 Å². The van der Waals surface area contributed by atoms with Crippen LogP contribution in [-0.4, -0.2) is 37.1 Å². The molecule has 16 heavy (non-hydrogen) atoms. The van der Waals surface area contributed by atoms with Gasteiger partial charge >= 0.3 is 0 Å². The molecule has 1 N–H and O–H groups in total. The van der Waals surface area contributed by atoms with Gasteiger partial charge < -0.3 is 10.2 Å². The molecule has 0 aromatic rings.